The van der Waals surface area contributed by atoms with E-state index in [1.807, 2.05) is 31.2 Å². The van der Waals surface area contributed by atoms with Crippen molar-refractivity contribution in [2.45, 2.75) is 71.3 Å². The lowest BCUT2D eigenvalue weighted by atomic mass is 9.67. The van der Waals surface area contributed by atoms with Crippen molar-refractivity contribution < 1.29 is 14.3 Å². The maximum absolute atomic E-state index is 13.3. The molecule has 0 amide bonds. The molecule has 2 atom stereocenters. The quantitative estimate of drug-likeness (QED) is 0.542. The van der Waals surface area contributed by atoms with Gasteiger partial charge < -0.3 is 4.74 Å². The zero-order chi connectivity index (χ0) is 20.8. The van der Waals surface area contributed by atoms with Gasteiger partial charge in [-0.15, -0.1) is 0 Å². The summed E-state index contributed by atoms with van der Waals surface area (Å²) >= 11 is 3.49. The minimum atomic E-state index is -0.541. The predicted octanol–water partition coefficient (Wildman–Crippen LogP) is 5.75. The van der Waals surface area contributed by atoms with Gasteiger partial charge in [0.25, 0.3) is 0 Å². The fourth-order valence-corrected chi connectivity index (χ4v) is 5.29. The van der Waals surface area contributed by atoms with E-state index in [0.29, 0.717) is 12.0 Å². The first-order valence-corrected chi connectivity index (χ1v) is 11.3. The summed E-state index contributed by atoms with van der Waals surface area (Å²) in [7, 11) is 0. The van der Waals surface area contributed by atoms with Gasteiger partial charge in [0.1, 0.15) is 12.0 Å². The molecule has 1 aliphatic heterocycles. The van der Waals surface area contributed by atoms with E-state index in [1.165, 1.54) is 0 Å². The highest BCUT2D eigenvalue weighted by Gasteiger charge is 2.46. The van der Waals surface area contributed by atoms with Gasteiger partial charge in [0.2, 0.25) is 0 Å². The summed E-state index contributed by atoms with van der Waals surface area (Å²) in [6.07, 6.45) is 5.30. The summed E-state index contributed by atoms with van der Waals surface area (Å²) in [5.41, 5.74) is 3.18. The summed E-state index contributed by atoms with van der Waals surface area (Å²) in [6, 6.07) is 7.93. The average Bonchev–Trinajstić information content (AvgIpc) is 3.13. The molecule has 0 radical (unpaired) electrons. The van der Waals surface area contributed by atoms with Gasteiger partial charge in [0.15, 0.2) is 5.78 Å². The van der Waals surface area contributed by atoms with Crippen LogP contribution in [0, 0.1) is 11.3 Å². The number of hydrogen-bond donors (Lipinski definition) is 0. The third kappa shape index (κ3) is 4.11. The van der Waals surface area contributed by atoms with Crippen molar-refractivity contribution >= 4 is 33.4 Å². The van der Waals surface area contributed by atoms with E-state index in [4.69, 9.17) is 9.73 Å². The zero-order valence-corrected chi connectivity index (χ0v) is 18.9. The summed E-state index contributed by atoms with van der Waals surface area (Å²) < 4.78 is 6.86. The lowest BCUT2D eigenvalue weighted by Crippen LogP contribution is -2.40. The normalized spacial score (nSPS) is 26.9. The fourth-order valence-electron chi connectivity index (χ4n) is 5.02. The Morgan fingerprint density at radius 1 is 1.14 bits per heavy atom. The number of allylic oxidation sites excluding steroid dienone is 2. The number of benzene rings is 1. The molecule has 0 saturated heterocycles. The number of hydrogen-bond acceptors (Lipinski definition) is 4. The molecule has 4 nitrogen and oxygen atoms in total. The van der Waals surface area contributed by atoms with E-state index >= 15 is 0 Å². The molecule has 1 fully saturated rings. The molecule has 0 spiro atoms. The molecule has 0 aromatic heterocycles. The van der Waals surface area contributed by atoms with Crippen molar-refractivity contribution in [3.8, 4) is 0 Å². The standard InChI is InChI=1S/C24H28BrNO3/c1-14-20(23(28)29-17-6-4-5-7-17)21(15-8-10-16(25)11-9-15)22-18(26-14)12-24(2,3)13-19(22)27/h8-11,17,20-21H,4-7,12-13H2,1-3H3/t20?,21-/m1/s1. The topological polar surface area (TPSA) is 55.7 Å². The number of carbonyl (C=O) groups excluding carboxylic acids is 2. The number of rotatable bonds is 3. The molecule has 1 aromatic carbocycles. The Hall–Kier alpha value is -1.75. The first kappa shape index (κ1) is 20.5. The molecule has 1 saturated carbocycles. The van der Waals surface area contributed by atoms with Crippen LogP contribution in [-0.2, 0) is 14.3 Å². The summed E-state index contributed by atoms with van der Waals surface area (Å²) in [5, 5.41) is 0. The Kier molecular flexibility index (Phi) is 5.54. The maximum Gasteiger partial charge on any atom is 0.315 e. The predicted molar refractivity (Wildman–Crippen MR) is 117 cm³/mol. The first-order valence-electron chi connectivity index (χ1n) is 10.5. The third-order valence-corrected chi connectivity index (χ3v) is 6.90. The second-order valence-corrected chi connectivity index (χ2v) is 10.3. The number of aliphatic imine (C=N–C) groups is 1. The van der Waals surface area contributed by atoms with Crippen molar-refractivity contribution in [2.24, 2.45) is 16.3 Å². The Balaban J connectivity index is 1.77. The molecule has 29 heavy (non-hydrogen) atoms. The van der Waals surface area contributed by atoms with E-state index < -0.39 is 5.92 Å². The van der Waals surface area contributed by atoms with Crippen molar-refractivity contribution in [3.63, 3.8) is 0 Å². The molecule has 1 heterocycles. The molecule has 2 aliphatic carbocycles. The van der Waals surface area contributed by atoms with Crippen LogP contribution in [0.2, 0.25) is 0 Å². The van der Waals surface area contributed by atoms with E-state index in [-0.39, 0.29) is 29.2 Å². The Bertz CT molecular complexity index is 891. The lowest BCUT2D eigenvalue weighted by Gasteiger charge is -2.39. The number of halogens is 1. The van der Waals surface area contributed by atoms with Crippen molar-refractivity contribution in [1.29, 1.82) is 0 Å². The van der Waals surface area contributed by atoms with E-state index in [0.717, 1.165) is 53.5 Å². The molecular weight excluding hydrogens is 430 g/mol. The minimum Gasteiger partial charge on any atom is -0.462 e. The van der Waals surface area contributed by atoms with Gasteiger partial charge >= 0.3 is 5.97 Å². The van der Waals surface area contributed by atoms with Crippen LogP contribution in [0.4, 0.5) is 0 Å². The lowest BCUT2D eigenvalue weighted by molar-refractivity contribution is -0.151. The van der Waals surface area contributed by atoms with Gasteiger partial charge in [0.05, 0.1) is 0 Å². The van der Waals surface area contributed by atoms with Crippen LogP contribution in [-0.4, -0.2) is 23.6 Å². The van der Waals surface area contributed by atoms with Crippen molar-refractivity contribution in [1.82, 2.24) is 0 Å². The van der Waals surface area contributed by atoms with Crippen LogP contribution in [0.25, 0.3) is 0 Å². The monoisotopic (exact) mass is 457 g/mol. The van der Waals surface area contributed by atoms with Crippen molar-refractivity contribution in [2.75, 3.05) is 0 Å². The second-order valence-electron chi connectivity index (χ2n) is 9.40. The number of Topliss-reactive ketones (excluding diaryl/α,β-unsaturated/α-hetero) is 1. The molecular formula is C24H28BrNO3. The molecule has 1 unspecified atom stereocenters. The van der Waals surface area contributed by atoms with Crippen LogP contribution < -0.4 is 0 Å². The molecule has 3 aliphatic rings. The highest BCUT2D eigenvalue weighted by molar-refractivity contribution is 9.10. The Morgan fingerprint density at radius 3 is 2.45 bits per heavy atom. The van der Waals surface area contributed by atoms with Crippen LogP contribution in [0.5, 0.6) is 0 Å². The van der Waals surface area contributed by atoms with Crippen LogP contribution in [0.3, 0.4) is 0 Å². The van der Waals surface area contributed by atoms with Crippen LogP contribution in [0.1, 0.15) is 70.8 Å². The number of ether oxygens (including phenoxy) is 1. The minimum absolute atomic E-state index is 0.00256. The SMILES string of the molecule is CC1=NC2=C(C(=O)CC(C)(C)C2)[C@H](c2ccc(Br)cc2)C1C(=O)OC1CCCC1. The van der Waals surface area contributed by atoms with Gasteiger partial charge in [-0.1, -0.05) is 41.9 Å². The molecule has 0 bridgehead atoms. The first-order chi connectivity index (χ1) is 13.7. The van der Waals surface area contributed by atoms with Crippen LogP contribution in [0.15, 0.2) is 45.0 Å². The molecule has 4 rings (SSSR count). The Labute approximate surface area is 180 Å². The summed E-state index contributed by atoms with van der Waals surface area (Å²) in [5.74, 6) is -0.997. The zero-order valence-electron chi connectivity index (χ0n) is 17.3. The molecule has 0 N–H and O–H groups in total. The second kappa shape index (κ2) is 7.82. The smallest absolute Gasteiger partial charge is 0.315 e. The number of carbonyl (C=O) groups is 2. The molecule has 5 heteroatoms. The maximum atomic E-state index is 13.3. The van der Waals surface area contributed by atoms with Gasteiger partial charge in [-0.25, -0.2) is 0 Å². The van der Waals surface area contributed by atoms with Gasteiger partial charge in [-0.05, 0) is 62.1 Å². The Morgan fingerprint density at radius 2 is 1.79 bits per heavy atom. The molecule has 154 valence electrons. The van der Waals surface area contributed by atoms with Gasteiger partial charge in [-0.2, -0.15) is 0 Å². The fraction of sp³-hybridized carbons (Fsp3) is 0.542. The van der Waals surface area contributed by atoms with E-state index in [1.54, 1.807) is 0 Å². The average molecular weight is 458 g/mol. The van der Waals surface area contributed by atoms with E-state index in [9.17, 15) is 9.59 Å². The number of nitrogens with zero attached hydrogens (tertiary/aromatic N) is 1. The third-order valence-electron chi connectivity index (χ3n) is 6.37. The number of esters is 1. The summed E-state index contributed by atoms with van der Waals surface area (Å²) in [4.78, 5) is 31.3. The summed E-state index contributed by atoms with van der Waals surface area (Å²) in [6.45, 7) is 6.12. The van der Waals surface area contributed by atoms with Gasteiger partial charge in [-0.3, -0.25) is 14.6 Å². The van der Waals surface area contributed by atoms with Gasteiger partial charge in [0, 0.05) is 33.8 Å². The highest BCUT2D eigenvalue weighted by Crippen LogP contribution is 2.48. The van der Waals surface area contributed by atoms with Crippen LogP contribution >= 0.6 is 15.9 Å². The van der Waals surface area contributed by atoms with Crippen molar-refractivity contribution in [3.05, 3.63) is 45.6 Å². The largest absolute Gasteiger partial charge is 0.462 e. The molecule has 1 aromatic rings. The number of ketones is 1. The van der Waals surface area contributed by atoms with E-state index in [2.05, 4.69) is 29.8 Å². The highest BCUT2D eigenvalue weighted by atomic mass is 79.9.